The van der Waals surface area contributed by atoms with E-state index < -0.39 is 0 Å². The van der Waals surface area contributed by atoms with Crippen molar-refractivity contribution in [2.75, 3.05) is 5.32 Å². The lowest BCUT2D eigenvalue weighted by Crippen LogP contribution is -2.07. The van der Waals surface area contributed by atoms with Crippen LogP contribution in [0.1, 0.15) is 21.6 Å². The molecular weight excluding hydrogens is 335 g/mol. The largest absolute Gasteiger partial charge is 0.298 e. The fraction of sp³-hybridized carbons (Fsp3) is 0.100. The van der Waals surface area contributed by atoms with E-state index in [0.717, 1.165) is 16.0 Å². The molecule has 126 valence electrons. The van der Waals surface area contributed by atoms with Crippen molar-refractivity contribution in [2.45, 2.75) is 13.3 Å². The van der Waals surface area contributed by atoms with Gasteiger partial charge in [-0.25, -0.2) is 9.37 Å². The second kappa shape index (κ2) is 7.85. The predicted molar refractivity (Wildman–Crippen MR) is 100 cm³/mol. The Morgan fingerprint density at radius 1 is 1.16 bits per heavy atom. The quantitative estimate of drug-likeness (QED) is 0.668. The van der Waals surface area contributed by atoms with E-state index in [1.165, 1.54) is 35.1 Å². The number of nitrogens with one attached hydrogen (secondary N) is 1. The van der Waals surface area contributed by atoms with Gasteiger partial charge >= 0.3 is 0 Å². The van der Waals surface area contributed by atoms with Gasteiger partial charge in [0.25, 0.3) is 0 Å². The number of aromatic nitrogens is 1. The van der Waals surface area contributed by atoms with Crippen LogP contribution in [-0.2, 0) is 11.2 Å². The summed E-state index contributed by atoms with van der Waals surface area (Å²) >= 11 is 1.41. The Morgan fingerprint density at radius 3 is 2.60 bits per heavy atom. The number of rotatable bonds is 5. The lowest BCUT2D eigenvalue weighted by molar-refractivity contribution is -0.111. The van der Waals surface area contributed by atoms with E-state index in [0.29, 0.717) is 11.6 Å². The molecule has 2 aromatic carbocycles. The fourth-order valence-corrected chi connectivity index (χ4v) is 3.10. The minimum Gasteiger partial charge on any atom is -0.298 e. The van der Waals surface area contributed by atoms with Crippen molar-refractivity contribution < 1.29 is 9.18 Å². The Bertz CT molecular complexity index is 883. The SMILES string of the molecule is Cc1ccc(C=CC(=O)Nc2ncc(Cc3ccc(F)cc3)s2)cc1. The van der Waals surface area contributed by atoms with Gasteiger partial charge in [0.05, 0.1) is 0 Å². The van der Waals surface area contributed by atoms with Crippen LogP contribution in [0.5, 0.6) is 0 Å². The van der Waals surface area contributed by atoms with Gasteiger partial charge < -0.3 is 0 Å². The van der Waals surface area contributed by atoms with Gasteiger partial charge in [-0.2, -0.15) is 0 Å². The molecule has 0 radical (unpaired) electrons. The van der Waals surface area contributed by atoms with Crippen molar-refractivity contribution >= 4 is 28.5 Å². The number of carbonyl (C=O) groups is 1. The lowest BCUT2D eigenvalue weighted by Gasteiger charge is -1.98. The van der Waals surface area contributed by atoms with Crippen LogP contribution in [0.4, 0.5) is 9.52 Å². The third kappa shape index (κ3) is 5.09. The van der Waals surface area contributed by atoms with Gasteiger partial charge in [0, 0.05) is 23.6 Å². The third-order valence-corrected chi connectivity index (χ3v) is 4.49. The number of amides is 1. The molecule has 5 heteroatoms. The topological polar surface area (TPSA) is 42.0 Å². The summed E-state index contributed by atoms with van der Waals surface area (Å²) in [7, 11) is 0. The van der Waals surface area contributed by atoms with Gasteiger partial charge in [-0.1, -0.05) is 42.0 Å². The normalized spacial score (nSPS) is 11.0. The number of carbonyl (C=O) groups excluding carboxylic acids is 1. The first-order chi connectivity index (χ1) is 12.1. The second-order valence-corrected chi connectivity index (χ2v) is 6.78. The van der Waals surface area contributed by atoms with Gasteiger partial charge in [0.1, 0.15) is 5.82 Å². The number of hydrogen-bond donors (Lipinski definition) is 1. The van der Waals surface area contributed by atoms with Crippen molar-refractivity contribution in [3.05, 3.63) is 88.2 Å². The Hall–Kier alpha value is -2.79. The van der Waals surface area contributed by atoms with E-state index in [2.05, 4.69) is 10.3 Å². The average Bonchev–Trinajstić information content (AvgIpc) is 3.03. The first-order valence-electron chi connectivity index (χ1n) is 7.83. The summed E-state index contributed by atoms with van der Waals surface area (Å²) in [6.07, 6.45) is 5.65. The van der Waals surface area contributed by atoms with Crippen molar-refractivity contribution in [3.63, 3.8) is 0 Å². The first kappa shape index (κ1) is 17.0. The molecule has 1 heterocycles. The van der Waals surface area contributed by atoms with Crippen LogP contribution in [0.25, 0.3) is 6.08 Å². The van der Waals surface area contributed by atoms with Crippen LogP contribution in [0, 0.1) is 12.7 Å². The fourth-order valence-electron chi connectivity index (χ4n) is 2.25. The number of halogens is 1. The Kier molecular flexibility index (Phi) is 5.36. The molecule has 0 unspecified atom stereocenters. The van der Waals surface area contributed by atoms with Crippen LogP contribution in [0.3, 0.4) is 0 Å². The number of nitrogens with zero attached hydrogens (tertiary/aromatic N) is 1. The maximum atomic E-state index is 12.9. The molecule has 0 aliphatic carbocycles. The molecule has 1 N–H and O–H groups in total. The second-order valence-electron chi connectivity index (χ2n) is 5.67. The van der Waals surface area contributed by atoms with E-state index in [4.69, 9.17) is 0 Å². The molecule has 0 bridgehead atoms. The van der Waals surface area contributed by atoms with E-state index >= 15 is 0 Å². The van der Waals surface area contributed by atoms with Crippen LogP contribution >= 0.6 is 11.3 Å². The van der Waals surface area contributed by atoms with Crippen molar-refractivity contribution in [1.29, 1.82) is 0 Å². The Labute approximate surface area is 149 Å². The molecular formula is C20H17FN2OS. The molecule has 0 saturated carbocycles. The molecule has 3 rings (SSSR count). The van der Waals surface area contributed by atoms with E-state index in [9.17, 15) is 9.18 Å². The standard InChI is InChI=1S/C20H17FN2OS/c1-14-2-4-15(5-3-14)8-11-19(24)23-20-22-13-18(25-20)12-16-6-9-17(21)10-7-16/h2-11,13H,12H2,1H3,(H,22,23,24). The number of benzene rings is 2. The Balaban J connectivity index is 1.57. The van der Waals surface area contributed by atoms with Crippen LogP contribution in [-0.4, -0.2) is 10.9 Å². The highest BCUT2D eigenvalue weighted by Crippen LogP contribution is 2.21. The van der Waals surface area contributed by atoms with Crippen molar-refractivity contribution in [3.8, 4) is 0 Å². The minimum atomic E-state index is -0.249. The molecule has 1 aromatic heterocycles. The van der Waals surface area contributed by atoms with Gasteiger partial charge in [0.2, 0.25) is 5.91 Å². The first-order valence-corrected chi connectivity index (χ1v) is 8.65. The van der Waals surface area contributed by atoms with Crippen LogP contribution in [0.15, 0.2) is 60.8 Å². The number of aryl methyl sites for hydroxylation is 1. The van der Waals surface area contributed by atoms with Crippen molar-refractivity contribution in [2.24, 2.45) is 0 Å². The smallest absolute Gasteiger partial charge is 0.250 e. The molecule has 3 nitrogen and oxygen atoms in total. The van der Waals surface area contributed by atoms with Crippen LogP contribution in [0.2, 0.25) is 0 Å². The van der Waals surface area contributed by atoms with Crippen molar-refractivity contribution in [1.82, 2.24) is 4.98 Å². The lowest BCUT2D eigenvalue weighted by atomic mass is 10.1. The number of thiazole rings is 1. The molecule has 0 atom stereocenters. The van der Waals surface area contributed by atoms with E-state index in [1.54, 1.807) is 24.4 Å². The third-order valence-electron chi connectivity index (χ3n) is 3.58. The highest BCUT2D eigenvalue weighted by molar-refractivity contribution is 7.15. The minimum absolute atomic E-state index is 0.219. The monoisotopic (exact) mass is 352 g/mol. The summed E-state index contributed by atoms with van der Waals surface area (Å²) < 4.78 is 12.9. The molecule has 0 saturated heterocycles. The summed E-state index contributed by atoms with van der Waals surface area (Å²) in [4.78, 5) is 17.2. The summed E-state index contributed by atoms with van der Waals surface area (Å²) in [6, 6.07) is 14.3. The van der Waals surface area contributed by atoms with Gasteiger partial charge in [0.15, 0.2) is 5.13 Å². The zero-order valence-electron chi connectivity index (χ0n) is 13.7. The van der Waals surface area contributed by atoms with Crippen LogP contribution < -0.4 is 5.32 Å². The maximum Gasteiger partial charge on any atom is 0.250 e. The summed E-state index contributed by atoms with van der Waals surface area (Å²) in [5.74, 6) is -0.468. The molecule has 0 fully saturated rings. The average molecular weight is 352 g/mol. The summed E-state index contributed by atoms with van der Waals surface area (Å²) in [6.45, 7) is 2.02. The molecule has 0 aliphatic rings. The maximum absolute atomic E-state index is 12.9. The Morgan fingerprint density at radius 2 is 1.88 bits per heavy atom. The zero-order chi connectivity index (χ0) is 17.6. The highest BCUT2D eigenvalue weighted by Gasteiger charge is 2.05. The number of anilines is 1. The molecule has 0 aliphatic heterocycles. The van der Waals surface area contributed by atoms with E-state index in [1.807, 2.05) is 31.2 Å². The number of hydrogen-bond acceptors (Lipinski definition) is 3. The molecule has 0 spiro atoms. The van der Waals surface area contributed by atoms with E-state index in [-0.39, 0.29) is 11.7 Å². The summed E-state index contributed by atoms with van der Waals surface area (Å²) in [5.41, 5.74) is 3.15. The zero-order valence-corrected chi connectivity index (χ0v) is 14.5. The predicted octanol–water partition coefficient (Wildman–Crippen LogP) is 4.83. The summed E-state index contributed by atoms with van der Waals surface area (Å²) in [5, 5.41) is 3.31. The van der Waals surface area contributed by atoms with Gasteiger partial charge in [-0.05, 0) is 36.3 Å². The molecule has 1 amide bonds. The highest BCUT2D eigenvalue weighted by atomic mass is 32.1. The van der Waals surface area contributed by atoms with Gasteiger partial charge in [-0.3, -0.25) is 10.1 Å². The van der Waals surface area contributed by atoms with Gasteiger partial charge in [-0.15, -0.1) is 11.3 Å². The molecule has 3 aromatic rings. The molecule has 25 heavy (non-hydrogen) atoms.